The van der Waals surface area contributed by atoms with Crippen molar-refractivity contribution in [2.75, 3.05) is 5.32 Å². The molecule has 2 rings (SSSR count). The number of para-hydroxylation sites is 1. The first-order valence-electron chi connectivity index (χ1n) is 6.04. The van der Waals surface area contributed by atoms with Gasteiger partial charge < -0.3 is 10.1 Å². The van der Waals surface area contributed by atoms with E-state index >= 15 is 0 Å². The molecule has 2 aromatic carbocycles. The molecule has 0 aliphatic rings. The molecule has 20 heavy (non-hydrogen) atoms. The molecule has 5 heteroatoms. The molecule has 0 heterocycles. The molecule has 1 atom stereocenters. The fourth-order valence-corrected chi connectivity index (χ4v) is 2.10. The maximum Gasteiger partial charge on any atom is 0.265 e. The van der Waals surface area contributed by atoms with Crippen LogP contribution in [0.3, 0.4) is 0 Å². The van der Waals surface area contributed by atoms with Crippen LogP contribution in [0.1, 0.15) is 6.92 Å². The Balaban J connectivity index is 1.99. The van der Waals surface area contributed by atoms with Crippen LogP contribution in [0, 0.1) is 3.57 Å². The Morgan fingerprint density at radius 2 is 1.85 bits per heavy atom. The van der Waals surface area contributed by atoms with Crippen molar-refractivity contribution in [2.45, 2.75) is 13.0 Å². The number of rotatable bonds is 4. The summed E-state index contributed by atoms with van der Waals surface area (Å²) in [7, 11) is 0. The number of halogens is 2. The maximum atomic E-state index is 12.0. The Morgan fingerprint density at radius 1 is 1.20 bits per heavy atom. The molecule has 1 N–H and O–H groups in total. The van der Waals surface area contributed by atoms with Gasteiger partial charge in [0.05, 0.1) is 5.02 Å². The van der Waals surface area contributed by atoms with Gasteiger partial charge in [0.25, 0.3) is 5.91 Å². The summed E-state index contributed by atoms with van der Waals surface area (Å²) in [4.78, 5) is 12.0. The molecule has 0 unspecified atom stereocenters. The highest BCUT2D eigenvalue weighted by Crippen LogP contribution is 2.24. The van der Waals surface area contributed by atoms with Crippen molar-refractivity contribution in [3.05, 3.63) is 57.1 Å². The molecule has 0 fully saturated rings. The van der Waals surface area contributed by atoms with Gasteiger partial charge in [-0.15, -0.1) is 0 Å². The monoisotopic (exact) mass is 401 g/mol. The summed E-state index contributed by atoms with van der Waals surface area (Å²) in [6.45, 7) is 1.69. The van der Waals surface area contributed by atoms with Crippen LogP contribution < -0.4 is 10.1 Å². The van der Waals surface area contributed by atoms with Crippen molar-refractivity contribution >= 4 is 45.8 Å². The lowest BCUT2D eigenvalue weighted by molar-refractivity contribution is -0.122. The van der Waals surface area contributed by atoms with Crippen LogP contribution in [0.2, 0.25) is 5.02 Å². The van der Waals surface area contributed by atoms with Gasteiger partial charge in [0, 0.05) is 9.26 Å². The van der Waals surface area contributed by atoms with E-state index in [2.05, 4.69) is 27.9 Å². The number of nitrogens with one attached hydrogen (secondary N) is 1. The fraction of sp³-hybridized carbons (Fsp3) is 0.133. The second kappa shape index (κ2) is 6.95. The average Bonchev–Trinajstić information content (AvgIpc) is 2.44. The highest BCUT2D eigenvalue weighted by Gasteiger charge is 2.16. The van der Waals surface area contributed by atoms with Gasteiger partial charge in [-0.2, -0.15) is 0 Å². The van der Waals surface area contributed by atoms with E-state index in [0.29, 0.717) is 10.8 Å². The third kappa shape index (κ3) is 4.11. The van der Waals surface area contributed by atoms with Crippen LogP contribution in [0.5, 0.6) is 5.75 Å². The summed E-state index contributed by atoms with van der Waals surface area (Å²) in [6, 6.07) is 14.6. The van der Waals surface area contributed by atoms with Crippen molar-refractivity contribution in [1.29, 1.82) is 0 Å². The van der Waals surface area contributed by atoms with Gasteiger partial charge in [0.2, 0.25) is 0 Å². The van der Waals surface area contributed by atoms with Gasteiger partial charge in [-0.25, -0.2) is 0 Å². The van der Waals surface area contributed by atoms with Gasteiger partial charge in [-0.3, -0.25) is 4.79 Å². The number of carbonyl (C=O) groups is 1. The Bertz CT molecular complexity index is 601. The van der Waals surface area contributed by atoms with Crippen molar-refractivity contribution in [1.82, 2.24) is 0 Å². The molecule has 0 saturated carbocycles. The van der Waals surface area contributed by atoms with Crippen LogP contribution in [0.15, 0.2) is 48.5 Å². The number of hydrogen-bond acceptors (Lipinski definition) is 2. The van der Waals surface area contributed by atoms with Crippen LogP contribution in [0.4, 0.5) is 5.69 Å². The third-order valence-corrected chi connectivity index (χ3v) is 3.65. The van der Waals surface area contributed by atoms with E-state index < -0.39 is 6.10 Å². The largest absolute Gasteiger partial charge is 0.479 e. The standard InChI is InChI=1S/C15H13ClINO2/c1-10(20-14-5-3-2-4-13(14)16)15(19)18-12-8-6-11(17)7-9-12/h2-10H,1H3,(H,18,19)/t10-/m1/s1. The first-order chi connectivity index (χ1) is 9.56. The molecule has 1 amide bonds. The lowest BCUT2D eigenvalue weighted by Gasteiger charge is -2.15. The first kappa shape index (κ1) is 15.1. The van der Waals surface area contributed by atoms with E-state index in [1.807, 2.05) is 36.4 Å². The number of benzene rings is 2. The molecule has 0 spiro atoms. The zero-order valence-electron chi connectivity index (χ0n) is 10.8. The third-order valence-electron chi connectivity index (χ3n) is 2.62. The molecular weight excluding hydrogens is 389 g/mol. The SMILES string of the molecule is C[C@@H](Oc1ccccc1Cl)C(=O)Nc1ccc(I)cc1. The second-order valence-electron chi connectivity index (χ2n) is 4.19. The molecule has 0 aliphatic heterocycles. The topological polar surface area (TPSA) is 38.3 Å². The normalized spacial score (nSPS) is 11.8. The van der Waals surface area contributed by atoms with Crippen molar-refractivity contribution < 1.29 is 9.53 Å². The lowest BCUT2D eigenvalue weighted by Crippen LogP contribution is -2.30. The summed E-state index contributed by atoms with van der Waals surface area (Å²) in [5, 5.41) is 3.29. The van der Waals surface area contributed by atoms with E-state index in [0.717, 1.165) is 9.26 Å². The van der Waals surface area contributed by atoms with E-state index in [-0.39, 0.29) is 5.91 Å². The predicted octanol–water partition coefficient (Wildman–Crippen LogP) is 4.35. The molecule has 2 aromatic rings. The highest BCUT2D eigenvalue weighted by molar-refractivity contribution is 14.1. The van der Waals surface area contributed by atoms with Gasteiger partial charge >= 0.3 is 0 Å². The number of hydrogen-bond donors (Lipinski definition) is 1. The molecular formula is C15H13ClINO2. The summed E-state index contributed by atoms with van der Waals surface area (Å²) in [5.41, 5.74) is 0.741. The minimum absolute atomic E-state index is 0.217. The van der Waals surface area contributed by atoms with Crippen LogP contribution in [-0.4, -0.2) is 12.0 Å². The van der Waals surface area contributed by atoms with E-state index in [9.17, 15) is 4.79 Å². The minimum Gasteiger partial charge on any atom is -0.479 e. The maximum absolute atomic E-state index is 12.0. The quantitative estimate of drug-likeness (QED) is 0.774. The van der Waals surface area contributed by atoms with E-state index in [4.69, 9.17) is 16.3 Å². The Hall–Kier alpha value is -1.27. The fourth-order valence-electron chi connectivity index (χ4n) is 1.56. The smallest absolute Gasteiger partial charge is 0.265 e. The summed E-state index contributed by atoms with van der Waals surface area (Å²) in [5.74, 6) is 0.283. The van der Waals surface area contributed by atoms with Crippen molar-refractivity contribution in [3.8, 4) is 5.75 Å². The Labute approximate surface area is 136 Å². The highest BCUT2D eigenvalue weighted by atomic mass is 127. The zero-order chi connectivity index (χ0) is 14.5. The predicted molar refractivity (Wildman–Crippen MR) is 89.3 cm³/mol. The van der Waals surface area contributed by atoms with Gasteiger partial charge in [0.1, 0.15) is 5.75 Å². The number of amides is 1. The van der Waals surface area contributed by atoms with E-state index in [1.54, 1.807) is 19.1 Å². The average molecular weight is 402 g/mol. The Kier molecular flexibility index (Phi) is 5.25. The van der Waals surface area contributed by atoms with Gasteiger partial charge in [-0.1, -0.05) is 23.7 Å². The van der Waals surface area contributed by atoms with Gasteiger partial charge in [-0.05, 0) is 65.9 Å². The summed E-state index contributed by atoms with van der Waals surface area (Å²) in [6.07, 6.45) is -0.630. The first-order valence-corrected chi connectivity index (χ1v) is 7.49. The molecule has 0 radical (unpaired) electrons. The molecule has 3 nitrogen and oxygen atoms in total. The lowest BCUT2D eigenvalue weighted by atomic mass is 10.3. The van der Waals surface area contributed by atoms with Gasteiger partial charge in [0.15, 0.2) is 6.10 Å². The van der Waals surface area contributed by atoms with Crippen LogP contribution in [-0.2, 0) is 4.79 Å². The molecule has 0 aromatic heterocycles. The number of carbonyl (C=O) groups excluding carboxylic acids is 1. The molecule has 0 aliphatic carbocycles. The summed E-state index contributed by atoms with van der Waals surface area (Å²) < 4.78 is 6.67. The van der Waals surface area contributed by atoms with Crippen LogP contribution in [0.25, 0.3) is 0 Å². The van der Waals surface area contributed by atoms with Crippen molar-refractivity contribution in [2.24, 2.45) is 0 Å². The molecule has 104 valence electrons. The van der Waals surface area contributed by atoms with Crippen molar-refractivity contribution in [3.63, 3.8) is 0 Å². The summed E-state index contributed by atoms with van der Waals surface area (Å²) >= 11 is 8.20. The number of anilines is 1. The van der Waals surface area contributed by atoms with E-state index in [1.165, 1.54) is 0 Å². The second-order valence-corrected chi connectivity index (χ2v) is 5.84. The van der Waals surface area contributed by atoms with Crippen LogP contribution >= 0.6 is 34.2 Å². The molecule has 0 saturated heterocycles. The zero-order valence-corrected chi connectivity index (χ0v) is 13.7. The number of ether oxygens (including phenoxy) is 1. The molecule has 0 bridgehead atoms. The minimum atomic E-state index is -0.630. The Morgan fingerprint density at radius 3 is 2.50 bits per heavy atom.